The van der Waals surface area contributed by atoms with E-state index in [1.54, 1.807) is 0 Å². The summed E-state index contributed by atoms with van der Waals surface area (Å²) in [5.41, 5.74) is 11.9. The molecule has 7 rings (SSSR count). The lowest BCUT2D eigenvalue weighted by Crippen LogP contribution is -2.20. The number of rotatable bonds is 8. The quantitative estimate of drug-likeness (QED) is 0.171. The molecule has 0 saturated carbocycles. The molecule has 0 aliphatic carbocycles. The van der Waals surface area contributed by atoms with Crippen molar-refractivity contribution in [3.05, 3.63) is 162 Å². The van der Waals surface area contributed by atoms with Crippen LogP contribution in [0.15, 0.2) is 140 Å². The lowest BCUT2D eigenvalue weighted by Gasteiger charge is -2.27. The second-order valence-corrected chi connectivity index (χ2v) is 12.4. The van der Waals surface area contributed by atoms with Gasteiger partial charge in [-0.3, -0.25) is 9.13 Å². The molecule has 0 fully saturated rings. The molecule has 2 heterocycles. The molecule has 232 valence electrons. The van der Waals surface area contributed by atoms with E-state index in [1.807, 2.05) is 12.1 Å². The Morgan fingerprint density at radius 3 is 1.40 bits per heavy atom. The largest absolute Gasteiger partial charge is 0.284 e. The molecule has 0 atom stereocenters. The summed E-state index contributed by atoms with van der Waals surface area (Å²) in [7, 11) is 0. The second-order valence-electron chi connectivity index (χ2n) is 12.4. The topological polar surface area (TPSA) is 38.9 Å². The first kappa shape index (κ1) is 30.0. The summed E-state index contributed by atoms with van der Waals surface area (Å²) in [5, 5.41) is 0. The van der Waals surface area contributed by atoms with Crippen LogP contribution < -0.4 is 4.90 Å². The molecular weight excluding hydrogens is 574 g/mol. The molecule has 0 bridgehead atoms. The number of para-hydroxylation sites is 3. The Labute approximate surface area is 277 Å². The summed E-state index contributed by atoms with van der Waals surface area (Å²) in [6.45, 7) is 11.0. The van der Waals surface area contributed by atoms with Crippen LogP contribution in [0.1, 0.15) is 42.0 Å². The number of imidazole rings is 2. The van der Waals surface area contributed by atoms with Crippen molar-refractivity contribution < 1.29 is 0 Å². The number of anilines is 3. The monoisotopic (exact) mass is 613 g/mol. The molecule has 7 aromatic rings. The van der Waals surface area contributed by atoms with E-state index < -0.39 is 0 Å². The van der Waals surface area contributed by atoms with Gasteiger partial charge in [-0.15, -0.1) is 0 Å². The van der Waals surface area contributed by atoms with Crippen LogP contribution in [0.2, 0.25) is 0 Å². The number of nitrogens with zero attached hydrogens (tertiary/aromatic N) is 5. The summed E-state index contributed by atoms with van der Waals surface area (Å²) in [4.78, 5) is 13.1. The fourth-order valence-corrected chi connectivity index (χ4v) is 6.44. The molecule has 5 heteroatoms. The molecule has 0 N–H and O–H groups in total. The fourth-order valence-electron chi connectivity index (χ4n) is 6.44. The molecule has 47 heavy (non-hydrogen) atoms. The average Bonchev–Trinajstić information content (AvgIpc) is 3.72. The predicted octanol–water partition coefficient (Wildman–Crippen LogP) is 10.9. The van der Waals surface area contributed by atoms with Crippen molar-refractivity contribution in [2.45, 2.75) is 40.5 Å². The van der Waals surface area contributed by atoms with Gasteiger partial charge in [0.15, 0.2) is 0 Å². The van der Waals surface area contributed by atoms with Crippen LogP contribution in [0.5, 0.6) is 0 Å². The summed E-state index contributed by atoms with van der Waals surface area (Å²) in [6.07, 6.45) is 4.34. The number of aryl methyl sites for hydroxylation is 3. The summed E-state index contributed by atoms with van der Waals surface area (Å²) < 4.78 is 4.51. The molecule has 0 aliphatic heterocycles. The normalized spacial score (nSPS) is 11.3. The standard InChI is InChI=1S/C42H39N5/c1-29(2)36-26-16-19-32(5)40(36)46-28-38(34-22-11-7-12-23-34)44-42(46)47(35-24-13-8-14-25-35)41-43-37(33-20-9-6-10-21-33)27-45(41)39-30(3)17-15-18-31(39)4/h6-29H,1-5H3. The minimum Gasteiger partial charge on any atom is -0.284 e. The Hall–Kier alpha value is -5.68. The second kappa shape index (κ2) is 12.6. The molecular formula is C42H39N5. The fraction of sp³-hybridized carbons (Fsp3) is 0.143. The van der Waals surface area contributed by atoms with Gasteiger partial charge in [-0.2, -0.15) is 0 Å². The Bertz CT molecular complexity index is 2120. The van der Waals surface area contributed by atoms with Crippen molar-refractivity contribution in [1.82, 2.24) is 19.1 Å². The first-order valence-electron chi connectivity index (χ1n) is 16.2. The molecule has 0 radical (unpaired) electrons. The zero-order valence-corrected chi connectivity index (χ0v) is 27.6. The number of hydrogen-bond donors (Lipinski definition) is 0. The zero-order chi connectivity index (χ0) is 32.5. The molecule has 0 saturated heterocycles. The number of aromatic nitrogens is 4. The average molecular weight is 614 g/mol. The van der Waals surface area contributed by atoms with E-state index in [0.29, 0.717) is 5.92 Å². The van der Waals surface area contributed by atoms with Crippen molar-refractivity contribution in [2.75, 3.05) is 4.90 Å². The van der Waals surface area contributed by atoms with Gasteiger partial charge in [-0.05, 0) is 61.1 Å². The van der Waals surface area contributed by atoms with E-state index in [2.05, 4.69) is 176 Å². The molecule has 0 unspecified atom stereocenters. The van der Waals surface area contributed by atoms with Gasteiger partial charge in [0.25, 0.3) is 0 Å². The van der Waals surface area contributed by atoms with Crippen molar-refractivity contribution in [3.63, 3.8) is 0 Å². The van der Waals surface area contributed by atoms with E-state index >= 15 is 0 Å². The van der Waals surface area contributed by atoms with Gasteiger partial charge in [0, 0.05) is 23.5 Å². The van der Waals surface area contributed by atoms with Crippen molar-refractivity contribution in [3.8, 4) is 33.9 Å². The molecule has 5 nitrogen and oxygen atoms in total. The Balaban J connectivity index is 1.58. The van der Waals surface area contributed by atoms with Crippen LogP contribution in [0.25, 0.3) is 33.9 Å². The molecule has 0 aliphatic rings. The van der Waals surface area contributed by atoms with Crippen LogP contribution in [-0.2, 0) is 0 Å². The van der Waals surface area contributed by atoms with Gasteiger partial charge in [0.2, 0.25) is 11.9 Å². The molecule has 5 aromatic carbocycles. The smallest absolute Gasteiger partial charge is 0.222 e. The van der Waals surface area contributed by atoms with Gasteiger partial charge in [0.1, 0.15) is 0 Å². The Kier molecular flexibility index (Phi) is 8.05. The highest BCUT2D eigenvalue weighted by Gasteiger charge is 2.28. The van der Waals surface area contributed by atoms with Crippen molar-refractivity contribution in [2.24, 2.45) is 0 Å². The van der Waals surface area contributed by atoms with Crippen LogP contribution >= 0.6 is 0 Å². The lowest BCUT2D eigenvalue weighted by molar-refractivity contribution is 0.838. The van der Waals surface area contributed by atoms with Crippen LogP contribution in [0.3, 0.4) is 0 Å². The van der Waals surface area contributed by atoms with E-state index in [1.165, 1.54) is 22.3 Å². The predicted molar refractivity (Wildman–Crippen MR) is 195 cm³/mol. The molecule has 2 aromatic heterocycles. The third-order valence-electron chi connectivity index (χ3n) is 8.74. The maximum Gasteiger partial charge on any atom is 0.222 e. The number of benzene rings is 5. The third-order valence-corrected chi connectivity index (χ3v) is 8.74. The summed E-state index contributed by atoms with van der Waals surface area (Å²) >= 11 is 0. The first-order valence-corrected chi connectivity index (χ1v) is 16.2. The van der Waals surface area contributed by atoms with Crippen molar-refractivity contribution in [1.29, 1.82) is 0 Å². The Morgan fingerprint density at radius 1 is 0.489 bits per heavy atom. The van der Waals surface area contributed by atoms with Gasteiger partial charge < -0.3 is 0 Å². The third kappa shape index (κ3) is 5.66. The van der Waals surface area contributed by atoms with E-state index in [4.69, 9.17) is 9.97 Å². The van der Waals surface area contributed by atoms with E-state index in [-0.39, 0.29) is 0 Å². The highest BCUT2D eigenvalue weighted by Crippen LogP contribution is 2.41. The summed E-state index contributed by atoms with van der Waals surface area (Å²) in [6, 6.07) is 44.3. The minimum absolute atomic E-state index is 0.312. The van der Waals surface area contributed by atoms with E-state index in [0.717, 1.165) is 51.5 Å². The maximum atomic E-state index is 5.45. The minimum atomic E-state index is 0.312. The highest BCUT2D eigenvalue weighted by molar-refractivity contribution is 5.77. The maximum absolute atomic E-state index is 5.45. The SMILES string of the molecule is Cc1cccc(C)c1-n1cc(-c2ccccc2)nc1N(c1ccccc1)c1nc(-c2ccccc2)cn1-c1c(C)cccc1C(C)C. The zero-order valence-electron chi connectivity index (χ0n) is 27.6. The van der Waals surface area contributed by atoms with Gasteiger partial charge in [-0.1, -0.05) is 129 Å². The van der Waals surface area contributed by atoms with Crippen LogP contribution in [0, 0.1) is 20.8 Å². The first-order chi connectivity index (χ1) is 22.9. The van der Waals surface area contributed by atoms with Gasteiger partial charge in [0.05, 0.1) is 28.5 Å². The van der Waals surface area contributed by atoms with Gasteiger partial charge in [-0.25, -0.2) is 14.9 Å². The number of hydrogen-bond acceptors (Lipinski definition) is 3. The lowest BCUT2D eigenvalue weighted by atomic mass is 9.98. The Morgan fingerprint density at radius 2 is 0.915 bits per heavy atom. The highest BCUT2D eigenvalue weighted by atomic mass is 15.4. The van der Waals surface area contributed by atoms with Crippen LogP contribution in [-0.4, -0.2) is 19.1 Å². The molecule has 0 amide bonds. The van der Waals surface area contributed by atoms with E-state index in [9.17, 15) is 0 Å². The summed E-state index contributed by atoms with van der Waals surface area (Å²) in [5.74, 6) is 1.84. The van der Waals surface area contributed by atoms with Crippen molar-refractivity contribution >= 4 is 17.6 Å². The van der Waals surface area contributed by atoms with Gasteiger partial charge >= 0.3 is 0 Å². The van der Waals surface area contributed by atoms with Crippen LogP contribution in [0.4, 0.5) is 17.6 Å². The molecule has 0 spiro atoms.